The van der Waals surface area contributed by atoms with Crippen LogP contribution >= 0.6 is 15.9 Å². The average molecular weight is 359 g/mol. The number of hydrogen-bond acceptors (Lipinski definition) is 3. The van der Waals surface area contributed by atoms with E-state index in [1.165, 1.54) is 43.3 Å². The van der Waals surface area contributed by atoms with Gasteiger partial charge >= 0.3 is 0 Å². The molecule has 0 amide bonds. The molecule has 3 N–H and O–H groups in total. The minimum absolute atomic E-state index is 0.0374. The van der Waals surface area contributed by atoms with Crippen LogP contribution in [-0.2, 0) is 10.0 Å². The van der Waals surface area contributed by atoms with E-state index >= 15 is 0 Å². The smallest absolute Gasteiger partial charge is 0.263 e. The molecule has 4 nitrogen and oxygen atoms in total. The standard InChI is InChI=1S/C13H12BrFN2O2S/c1-8-11(15)3-2-4-12(8)17-20(18,19)13-6-5-9(16)7-10(13)14/h2-7,17H,16H2,1H3. The van der Waals surface area contributed by atoms with Crippen LogP contribution in [-0.4, -0.2) is 8.42 Å². The number of halogens is 2. The van der Waals surface area contributed by atoms with Crippen molar-refractivity contribution in [1.82, 2.24) is 0 Å². The lowest BCUT2D eigenvalue weighted by atomic mass is 10.2. The number of rotatable bonds is 3. The van der Waals surface area contributed by atoms with Gasteiger partial charge in [0.1, 0.15) is 10.7 Å². The van der Waals surface area contributed by atoms with Gasteiger partial charge in [0.25, 0.3) is 10.0 Å². The van der Waals surface area contributed by atoms with Crippen molar-refractivity contribution < 1.29 is 12.8 Å². The van der Waals surface area contributed by atoms with Crippen molar-refractivity contribution in [2.24, 2.45) is 0 Å². The summed E-state index contributed by atoms with van der Waals surface area (Å²) in [5.41, 5.74) is 6.46. The Morgan fingerprint density at radius 1 is 1.25 bits per heavy atom. The molecular weight excluding hydrogens is 347 g/mol. The summed E-state index contributed by atoms with van der Waals surface area (Å²) in [4.78, 5) is 0.0374. The summed E-state index contributed by atoms with van der Waals surface area (Å²) in [7, 11) is -3.82. The molecule has 0 heterocycles. The summed E-state index contributed by atoms with van der Waals surface area (Å²) in [6.45, 7) is 1.51. The predicted octanol–water partition coefficient (Wildman–Crippen LogP) is 3.28. The molecule has 0 spiro atoms. The third-order valence-corrected chi connectivity index (χ3v) is 5.10. The molecular formula is C13H12BrFN2O2S. The van der Waals surface area contributed by atoms with Crippen molar-refractivity contribution in [3.8, 4) is 0 Å². The summed E-state index contributed by atoms with van der Waals surface area (Å²) in [5, 5.41) is 0. The molecule has 0 aromatic heterocycles. The Balaban J connectivity index is 2.44. The monoisotopic (exact) mass is 358 g/mol. The average Bonchev–Trinajstić information content (AvgIpc) is 2.34. The van der Waals surface area contributed by atoms with Gasteiger partial charge in [-0.1, -0.05) is 6.07 Å². The molecule has 2 aromatic carbocycles. The Hall–Kier alpha value is -1.60. The number of nitrogens with one attached hydrogen (secondary N) is 1. The second kappa shape index (κ2) is 5.41. The van der Waals surface area contributed by atoms with Crippen LogP contribution in [0.3, 0.4) is 0 Å². The molecule has 0 unspecified atom stereocenters. The summed E-state index contributed by atoms with van der Waals surface area (Å²) in [6.07, 6.45) is 0. The third kappa shape index (κ3) is 2.94. The largest absolute Gasteiger partial charge is 0.399 e. The first-order chi connectivity index (χ1) is 9.31. The normalized spacial score (nSPS) is 11.3. The van der Waals surface area contributed by atoms with E-state index in [1.807, 2.05) is 0 Å². The number of benzene rings is 2. The van der Waals surface area contributed by atoms with E-state index in [4.69, 9.17) is 5.73 Å². The van der Waals surface area contributed by atoms with Crippen molar-refractivity contribution in [3.63, 3.8) is 0 Å². The summed E-state index contributed by atoms with van der Waals surface area (Å²) < 4.78 is 40.7. The van der Waals surface area contributed by atoms with Crippen molar-refractivity contribution in [3.05, 3.63) is 52.3 Å². The fourth-order valence-corrected chi connectivity index (χ4v) is 3.87. The van der Waals surface area contributed by atoms with Gasteiger partial charge in [-0.15, -0.1) is 0 Å². The van der Waals surface area contributed by atoms with Crippen LogP contribution in [0.15, 0.2) is 45.8 Å². The van der Waals surface area contributed by atoms with E-state index in [0.717, 1.165) is 0 Å². The molecule has 0 bridgehead atoms. The number of anilines is 2. The minimum Gasteiger partial charge on any atom is -0.399 e. The fraction of sp³-hybridized carbons (Fsp3) is 0.0769. The highest BCUT2D eigenvalue weighted by Crippen LogP contribution is 2.27. The van der Waals surface area contributed by atoms with Gasteiger partial charge in [-0.2, -0.15) is 0 Å². The van der Waals surface area contributed by atoms with Crippen LogP contribution in [0.4, 0.5) is 15.8 Å². The zero-order chi connectivity index (χ0) is 14.9. The molecule has 2 rings (SSSR count). The highest BCUT2D eigenvalue weighted by Gasteiger charge is 2.19. The van der Waals surface area contributed by atoms with E-state index in [2.05, 4.69) is 20.7 Å². The molecule has 0 atom stereocenters. The van der Waals surface area contributed by atoms with Gasteiger partial charge in [-0.3, -0.25) is 4.72 Å². The van der Waals surface area contributed by atoms with Crippen LogP contribution in [0.5, 0.6) is 0 Å². The molecule has 0 radical (unpaired) electrons. The van der Waals surface area contributed by atoms with Gasteiger partial charge in [-0.25, -0.2) is 12.8 Å². The molecule has 0 aliphatic carbocycles. The van der Waals surface area contributed by atoms with Crippen molar-refractivity contribution in [2.45, 2.75) is 11.8 Å². The first kappa shape index (κ1) is 14.8. The van der Waals surface area contributed by atoms with Crippen LogP contribution < -0.4 is 10.5 Å². The lowest BCUT2D eigenvalue weighted by Crippen LogP contribution is -2.14. The summed E-state index contributed by atoms with van der Waals surface area (Å²) in [5.74, 6) is -0.471. The summed E-state index contributed by atoms with van der Waals surface area (Å²) >= 11 is 3.16. The number of sulfonamides is 1. The molecule has 2 aromatic rings. The second-order valence-corrected chi connectivity index (χ2v) is 6.71. The molecule has 20 heavy (non-hydrogen) atoms. The molecule has 0 fully saturated rings. The first-order valence-corrected chi connectivity index (χ1v) is 7.92. The molecule has 0 saturated carbocycles. The van der Waals surface area contributed by atoms with Gasteiger partial charge in [0, 0.05) is 15.7 Å². The summed E-state index contributed by atoms with van der Waals surface area (Å²) in [6, 6.07) is 8.58. The lowest BCUT2D eigenvalue weighted by molar-refractivity contribution is 0.600. The van der Waals surface area contributed by atoms with Gasteiger partial charge in [-0.05, 0) is 53.2 Å². The number of nitrogen functional groups attached to an aromatic ring is 1. The SMILES string of the molecule is Cc1c(F)cccc1NS(=O)(=O)c1ccc(N)cc1Br. The Bertz CT molecular complexity index is 763. The fourth-order valence-electron chi connectivity index (χ4n) is 1.65. The quantitative estimate of drug-likeness (QED) is 0.827. The van der Waals surface area contributed by atoms with Crippen molar-refractivity contribution in [2.75, 3.05) is 10.5 Å². The zero-order valence-electron chi connectivity index (χ0n) is 10.5. The second-order valence-electron chi connectivity index (χ2n) is 4.21. The van der Waals surface area contributed by atoms with Gasteiger partial charge in [0.2, 0.25) is 0 Å². The predicted molar refractivity (Wildman–Crippen MR) is 80.5 cm³/mol. The Labute approximate surface area is 125 Å². The van der Waals surface area contributed by atoms with E-state index in [-0.39, 0.29) is 16.1 Å². The van der Waals surface area contributed by atoms with Crippen LogP contribution in [0, 0.1) is 12.7 Å². The Morgan fingerprint density at radius 3 is 2.60 bits per heavy atom. The van der Waals surface area contributed by atoms with E-state index in [0.29, 0.717) is 10.2 Å². The Morgan fingerprint density at radius 2 is 1.95 bits per heavy atom. The van der Waals surface area contributed by atoms with E-state index < -0.39 is 15.8 Å². The maximum Gasteiger partial charge on any atom is 0.263 e. The number of hydrogen-bond donors (Lipinski definition) is 2. The van der Waals surface area contributed by atoms with Crippen molar-refractivity contribution >= 4 is 37.3 Å². The lowest BCUT2D eigenvalue weighted by Gasteiger charge is -2.12. The zero-order valence-corrected chi connectivity index (χ0v) is 12.9. The maximum atomic E-state index is 13.4. The van der Waals surface area contributed by atoms with Gasteiger partial charge in [0.05, 0.1) is 5.69 Å². The van der Waals surface area contributed by atoms with E-state index in [9.17, 15) is 12.8 Å². The van der Waals surface area contributed by atoms with Crippen LogP contribution in [0.25, 0.3) is 0 Å². The van der Waals surface area contributed by atoms with Crippen molar-refractivity contribution in [1.29, 1.82) is 0 Å². The maximum absolute atomic E-state index is 13.4. The van der Waals surface area contributed by atoms with Crippen LogP contribution in [0.2, 0.25) is 0 Å². The van der Waals surface area contributed by atoms with Gasteiger partial charge in [0.15, 0.2) is 0 Å². The molecule has 7 heteroatoms. The molecule has 0 aliphatic heterocycles. The van der Waals surface area contributed by atoms with Crippen LogP contribution in [0.1, 0.15) is 5.56 Å². The van der Waals surface area contributed by atoms with Gasteiger partial charge < -0.3 is 5.73 Å². The highest BCUT2D eigenvalue weighted by atomic mass is 79.9. The molecule has 0 saturated heterocycles. The molecule has 106 valence electrons. The van der Waals surface area contributed by atoms with E-state index in [1.54, 1.807) is 0 Å². The Kier molecular flexibility index (Phi) is 4.01. The third-order valence-electron chi connectivity index (χ3n) is 2.76. The number of nitrogens with two attached hydrogens (primary N) is 1. The molecule has 0 aliphatic rings. The minimum atomic E-state index is -3.82. The first-order valence-electron chi connectivity index (χ1n) is 5.64. The highest BCUT2D eigenvalue weighted by molar-refractivity contribution is 9.10. The topological polar surface area (TPSA) is 72.2 Å².